The summed E-state index contributed by atoms with van der Waals surface area (Å²) in [6.07, 6.45) is -0.472. The number of carbonyl (C=O) groups excluding carboxylic acids is 1. The molecule has 2 heterocycles. The Morgan fingerprint density at radius 1 is 1.12 bits per heavy atom. The molecule has 0 saturated heterocycles. The van der Waals surface area contributed by atoms with Gasteiger partial charge in [0, 0.05) is 17.8 Å². The zero-order valence-corrected chi connectivity index (χ0v) is 19.0. The van der Waals surface area contributed by atoms with Crippen molar-refractivity contribution in [3.05, 3.63) is 76.3 Å². The van der Waals surface area contributed by atoms with Crippen molar-refractivity contribution in [2.45, 2.75) is 19.6 Å². The van der Waals surface area contributed by atoms with E-state index in [1.807, 2.05) is 55.5 Å². The summed E-state index contributed by atoms with van der Waals surface area (Å²) >= 11 is 6.55. The fourth-order valence-electron chi connectivity index (χ4n) is 4.14. The Kier molecular flexibility index (Phi) is 5.64. The van der Waals surface area contributed by atoms with E-state index in [0.717, 1.165) is 16.8 Å². The number of nitrogens with one attached hydrogen (secondary N) is 1. The van der Waals surface area contributed by atoms with Crippen LogP contribution in [0.15, 0.2) is 54.6 Å². The molecule has 8 heteroatoms. The van der Waals surface area contributed by atoms with Gasteiger partial charge in [0.2, 0.25) is 6.79 Å². The van der Waals surface area contributed by atoms with Gasteiger partial charge in [0.25, 0.3) is 5.91 Å². The molecule has 2 aliphatic rings. The lowest BCUT2D eigenvalue weighted by Gasteiger charge is -2.38. The Bertz CT molecular complexity index is 1220. The van der Waals surface area contributed by atoms with E-state index >= 15 is 0 Å². The van der Waals surface area contributed by atoms with Crippen LogP contribution in [-0.4, -0.2) is 31.3 Å². The molecule has 3 aromatic carbocycles. The summed E-state index contributed by atoms with van der Waals surface area (Å²) in [6, 6.07) is 16.8. The summed E-state index contributed by atoms with van der Waals surface area (Å²) < 4.78 is 22.1. The van der Waals surface area contributed by atoms with E-state index in [0.29, 0.717) is 46.7 Å². The van der Waals surface area contributed by atoms with Crippen molar-refractivity contribution in [3.8, 4) is 23.0 Å². The molecule has 170 valence electrons. The highest BCUT2D eigenvalue weighted by molar-refractivity contribution is 6.32. The number of hydrogen-bond donors (Lipinski definition) is 1. The zero-order chi connectivity index (χ0) is 22.9. The van der Waals surface area contributed by atoms with Crippen molar-refractivity contribution in [1.82, 2.24) is 4.90 Å². The average Bonchev–Trinajstić information content (AvgIpc) is 3.30. The predicted octanol–water partition coefficient (Wildman–Crippen LogP) is 5.24. The van der Waals surface area contributed by atoms with Gasteiger partial charge in [-0.15, -0.1) is 0 Å². The van der Waals surface area contributed by atoms with Gasteiger partial charge in [-0.1, -0.05) is 29.8 Å². The number of hydrogen-bond acceptors (Lipinski definition) is 6. The lowest BCUT2D eigenvalue weighted by molar-refractivity contribution is 0.0666. The van der Waals surface area contributed by atoms with Crippen molar-refractivity contribution < 1.29 is 23.7 Å². The molecule has 1 amide bonds. The first-order valence-corrected chi connectivity index (χ1v) is 11.0. The van der Waals surface area contributed by atoms with Crippen LogP contribution in [-0.2, 0) is 6.54 Å². The van der Waals surface area contributed by atoms with Gasteiger partial charge in [-0.3, -0.25) is 4.79 Å². The van der Waals surface area contributed by atoms with Crippen molar-refractivity contribution in [1.29, 1.82) is 0 Å². The first kappa shape index (κ1) is 21.3. The number of carbonyl (C=O) groups is 1. The number of fused-ring (bicyclic) bond motifs is 2. The molecule has 0 radical (unpaired) electrons. The van der Waals surface area contributed by atoms with E-state index in [4.69, 9.17) is 30.5 Å². The zero-order valence-electron chi connectivity index (χ0n) is 18.3. The van der Waals surface area contributed by atoms with Gasteiger partial charge in [0.15, 0.2) is 23.0 Å². The van der Waals surface area contributed by atoms with Crippen LogP contribution in [0.1, 0.15) is 34.6 Å². The topological polar surface area (TPSA) is 69.3 Å². The van der Waals surface area contributed by atoms with Gasteiger partial charge in [0.05, 0.1) is 24.3 Å². The Morgan fingerprint density at radius 3 is 2.76 bits per heavy atom. The van der Waals surface area contributed by atoms with Crippen LogP contribution in [0.3, 0.4) is 0 Å². The number of nitrogens with zero attached hydrogens (tertiary/aromatic N) is 1. The normalized spacial score (nSPS) is 16.3. The van der Waals surface area contributed by atoms with Gasteiger partial charge in [-0.2, -0.15) is 0 Å². The number of methoxy groups -OCH3 is 1. The summed E-state index contributed by atoms with van der Waals surface area (Å²) in [7, 11) is 1.57. The number of amides is 1. The number of para-hydroxylation sites is 1. The maximum Gasteiger partial charge on any atom is 0.258 e. The molecule has 0 aliphatic carbocycles. The van der Waals surface area contributed by atoms with E-state index < -0.39 is 6.17 Å². The maximum absolute atomic E-state index is 13.6. The van der Waals surface area contributed by atoms with Gasteiger partial charge < -0.3 is 29.2 Å². The number of ether oxygens (including phenoxy) is 4. The molecule has 7 nitrogen and oxygen atoms in total. The summed E-state index contributed by atoms with van der Waals surface area (Å²) in [5, 5.41) is 3.91. The molecule has 1 unspecified atom stereocenters. The van der Waals surface area contributed by atoms with Crippen LogP contribution in [0.5, 0.6) is 23.0 Å². The van der Waals surface area contributed by atoms with E-state index in [2.05, 4.69) is 5.32 Å². The predicted molar refractivity (Wildman–Crippen MR) is 124 cm³/mol. The molecule has 5 rings (SSSR count). The molecule has 0 aromatic heterocycles. The Balaban J connectivity index is 1.56. The first-order valence-electron chi connectivity index (χ1n) is 10.6. The standard InChI is InChI=1S/C25H23ClN2O5/c1-3-31-23-18(26)11-16(12-22(23)30-2)24-27-19-7-5-4-6-17(19)25(29)28(24)13-15-8-9-20-21(10-15)33-14-32-20/h4-12,24,27H,3,13-14H2,1-2H3. The lowest BCUT2D eigenvalue weighted by Crippen LogP contribution is -2.42. The minimum Gasteiger partial charge on any atom is -0.493 e. The monoisotopic (exact) mass is 466 g/mol. The third-order valence-corrected chi connectivity index (χ3v) is 5.95. The van der Waals surface area contributed by atoms with Crippen molar-refractivity contribution in [2.75, 3.05) is 25.8 Å². The van der Waals surface area contributed by atoms with Gasteiger partial charge in [-0.05, 0) is 48.9 Å². The van der Waals surface area contributed by atoms with Crippen LogP contribution >= 0.6 is 11.6 Å². The number of rotatable bonds is 6. The minimum atomic E-state index is -0.472. The first-order chi connectivity index (χ1) is 16.1. The van der Waals surface area contributed by atoms with Crippen molar-refractivity contribution >= 4 is 23.2 Å². The summed E-state index contributed by atoms with van der Waals surface area (Å²) in [4.78, 5) is 15.4. The van der Waals surface area contributed by atoms with E-state index in [1.54, 1.807) is 18.1 Å². The number of anilines is 1. The average molecular weight is 467 g/mol. The van der Waals surface area contributed by atoms with Crippen molar-refractivity contribution in [2.24, 2.45) is 0 Å². The Labute approximate surface area is 196 Å². The highest BCUT2D eigenvalue weighted by Crippen LogP contribution is 2.42. The van der Waals surface area contributed by atoms with Gasteiger partial charge >= 0.3 is 0 Å². The molecule has 0 saturated carbocycles. The van der Waals surface area contributed by atoms with Crippen LogP contribution in [0.25, 0.3) is 0 Å². The lowest BCUT2D eigenvalue weighted by atomic mass is 10.0. The molecule has 1 N–H and O–H groups in total. The highest BCUT2D eigenvalue weighted by Gasteiger charge is 2.34. The minimum absolute atomic E-state index is 0.0870. The Hall–Kier alpha value is -3.58. The molecular formula is C25H23ClN2O5. The SMILES string of the molecule is CCOc1c(Cl)cc(C2Nc3ccccc3C(=O)N2Cc2ccc3c(c2)OCO3)cc1OC. The molecule has 33 heavy (non-hydrogen) atoms. The molecule has 0 spiro atoms. The second-order valence-electron chi connectivity index (χ2n) is 7.68. The molecule has 0 fully saturated rings. The quantitative estimate of drug-likeness (QED) is 0.535. The van der Waals surface area contributed by atoms with E-state index in [9.17, 15) is 4.79 Å². The smallest absolute Gasteiger partial charge is 0.258 e. The second-order valence-corrected chi connectivity index (χ2v) is 8.09. The molecule has 0 bridgehead atoms. The molecule has 3 aromatic rings. The van der Waals surface area contributed by atoms with Gasteiger partial charge in [-0.25, -0.2) is 0 Å². The number of halogens is 1. The largest absolute Gasteiger partial charge is 0.493 e. The van der Waals surface area contributed by atoms with Crippen LogP contribution in [0.4, 0.5) is 5.69 Å². The Morgan fingerprint density at radius 2 is 1.94 bits per heavy atom. The third kappa shape index (κ3) is 3.89. The molecular weight excluding hydrogens is 444 g/mol. The van der Waals surface area contributed by atoms with Gasteiger partial charge in [0.1, 0.15) is 6.17 Å². The maximum atomic E-state index is 13.6. The molecule has 1 atom stereocenters. The summed E-state index contributed by atoms with van der Waals surface area (Å²) in [5.41, 5.74) is 3.07. The summed E-state index contributed by atoms with van der Waals surface area (Å²) in [6.45, 7) is 2.90. The van der Waals surface area contributed by atoms with E-state index in [1.165, 1.54) is 0 Å². The third-order valence-electron chi connectivity index (χ3n) is 5.67. The fraction of sp³-hybridized carbons (Fsp3) is 0.240. The highest BCUT2D eigenvalue weighted by atomic mass is 35.5. The second kappa shape index (κ2) is 8.75. The van der Waals surface area contributed by atoms with Crippen LogP contribution in [0.2, 0.25) is 5.02 Å². The van der Waals surface area contributed by atoms with Crippen LogP contribution < -0.4 is 24.3 Å². The van der Waals surface area contributed by atoms with Crippen LogP contribution in [0, 0.1) is 0 Å². The van der Waals surface area contributed by atoms with Crippen molar-refractivity contribution in [3.63, 3.8) is 0 Å². The van der Waals surface area contributed by atoms with E-state index in [-0.39, 0.29) is 12.7 Å². The number of benzene rings is 3. The fourth-order valence-corrected chi connectivity index (χ4v) is 4.41. The summed E-state index contributed by atoms with van der Waals surface area (Å²) in [5.74, 6) is 2.28. The molecule has 2 aliphatic heterocycles.